The van der Waals surface area contributed by atoms with E-state index in [0.29, 0.717) is 60.3 Å². The number of β-amino-alcohol motifs (C(OH)–C–C–N with tert-alkyl or cyclic N) is 1. The maximum atomic E-state index is 9.90. The third-order valence-corrected chi connectivity index (χ3v) is 5.94. The van der Waals surface area contributed by atoms with E-state index in [4.69, 9.17) is 17.3 Å². The van der Waals surface area contributed by atoms with E-state index in [9.17, 15) is 10.4 Å². The highest BCUT2D eigenvalue weighted by atomic mass is 32.2. The summed E-state index contributed by atoms with van der Waals surface area (Å²) >= 11 is 1.50. The zero-order chi connectivity index (χ0) is 20.1. The predicted octanol–water partition coefficient (Wildman–Crippen LogP) is 3.39. The Bertz CT molecular complexity index is 930. The second kappa shape index (κ2) is 9.07. The second-order valence-electron chi connectivity index (χ2n) is 6.72. The highest BCUT2D eigenvalue weighted by Crippen LogP contribution is 2.39. The highest BCUT2D eigenvalue weighted by molar-refractivity contribution is 7.98. The monoisotopic (exact) mass is 393 g/mol. The number of pyridine rings is 1. The maximum absolute atomic E-state index is 9.90. The van der Waals surface area contributed by atoms with Crippen molar-refractivity contribution in [3.05, 3.63) is 57.9 Å². The quantitative estimate of drug-likeness (QED) is 0.577. The number of aliphatic hydroxyl groups excluding tert-OH is 1. The lowest BCUT2D eigenvalue weighted by Gasteiger charge is -2.22. The largest absolute Gasteiger partial charge is 0.391 e. The Kier molecular flexibility index (Phi) is 6.53. The van der Waals surface area contributed by atoms with E-state index in [1.807, 2.05) is 36.1 Å². The number of rotatable bonds is 6. The number of benzene rings is 1. The first-order valence-electron chi connectivity index (χ1n) is 9.29. The molecule has 2 heterocycles. The zero-order valence-electron chi connectivity index (χ0n) is 15.9. The standard InChI is InChI=1S/C21H23N5OS/c1-3-17-18(11-23)21(28-13-15-6-4-14(10-22)5-7-15)25-20(19(17)24-2)26-9-8-16(27)12-26/h4-7,16,27H,3,8-10,12-13,22H2,1H3. The molecule has 0 saturated carbocycles. The molecule has 0 aliphatic carbocycles. The fraction of sp³-hybridized carbons (Fsp3) is 0.381. The van der Waals surface area contributed by atoms with Gasteiger partial charge in [-0.2, -0.15) is 5.26 Å². The maximum Gasteiger partial charge on any atom is 0.232 e. The van der Waals surface area contributed by atoms with Crippen molar-refractivity contribution in [2.24, 2.45) is 5.73 Å². The van der Waals surface area contributed by atoms with Crippen LogP contribution < -0.4 is 10.6 Å². The molecule has 2 aromatic rings. The van der Waals surface area contributed by atoms with Gasteiger partial charge >= 0.3 is 0 Å². The summed E-state index contributed by atoms with van der Waals surface area (Å²) < 4.78 is 0. The average molecular weight is 394 g/mol. The van der Waals surface area contributed by atoms with Crippen LogP contribution >= 0.6 is 11.8 Å². The van der Waals surface area contributed by atoms with Crippen LogP contribution in [0.5, 0.6) is 0 Å². The van der Waals surface area contributed by atoms with Crippen LogP contribution in [0.2, 0.25) is 0 Å². The van der Waals surface area contributed by atoms with Crippen LogP contribution in [0.3, 0.4) is 0 Å². The van der Waals surface area contributed by atoms with Crippen molar-refractivity contribution in [2.75, 3.05) is 18.0 Å². The molecule has 6 nitrogen and oxygen atoms in total. The molecule has 0 spiro atoms. The summed E-state index contributed by atoms with van der Waals surface area (Å²) in [4.78, 5) is 10.4. The summed E-state index contributed by atoms with van der Waals surface area (Å²) in [6.07, 6.45) is 0.847. The minimum absolute atomic E-state index is 0.404. The summed E-state index contributed by atoms with van der Waals surface area (Å²) in [5, 5.41) is 20.3. The molecule has 1 saturated heterocycles. The van der Waals surface area contributed by atoms with Gasteiger partial charge < -0.3 is 15.7 Å². The van der Waals surface area contributed by atoms with Gasteiger partial charge in [-0.3, -0.25) is 0 Å². The summed E-state index contributed by atoms with van der Waals surface area (Å²) in [7, 11) is 0. The summed E-state index contributed by atoms with van der Waals surface area (Å²) in [5.41, 5.74) is 9.51. The Morgan fingerprint density at radius 2 is 2.11 bits per heavy atom. The average Bonchev–Trinajstić information content (AvgIpc) is 3.17. The molecule has 7 heteroatoms. The lowest BCUT2D eigenvalue weighted by Crippen LogP contribution is -2.23. The minimum Gasteiger partial charge on any atom is -0.391 e. The van der Waals surface area contributed by atoms with Gasteiger partial charge in [0.2, 0.25) is 5.69 Å². The molecule has 1 aromatic heterocycles. The molecule has 3 N–H and O–H groups in total. The Morgan fingerprint density at radius 3 is 2.64 bits per heavy atom. The first-order chi connectivity index (χ1) is 13.6. The molecule has 1 aliphatic heterocycles. The van der Waals surface area contributed by atoms with Crippen LogP contribution in [0.1, 0.15) is 35.6 Å². The molecule has 1 aliphatic rings. The SMILES string of the molecule is [C-]#[N+]c1c(N2CCC(O)C2)nc(SCc2ccc(CN)cc2)c(C#N)c1CC. The van der Waals surface area contributed by atoms with E-state index < -0.39 is 6.10 Å². The van der Waals surface area contributed by atoms with E-state index in [2.05, 4.69) is 10.9 Å². The van der Waals surface area contributed by atoms with Crippen LogP contribution in [0.4, 0.5) is 11.5 Å². The lowest BCUT2D eigenvalue weighted by molar-refractivity contribution is 0.198. The first kappa shape index (κ1) is 20.2. The number of nitrogens with zero attached hydrogens (tertiary/aromatic N) is 4. The molecular weight excluding hydrogens is 370 g/mol. The van der Waals surface area contributed by atoms with Crippen LogP contribution in [0, 0.1) is 17.9 Å². The number of nitriles is 1. The number of hydrogen-bond donors (Lipinski definition) is 2. The lowest BCUT2D eigenvalue weighted by atomic mass is 10.1. The Labute approximate surface area is 169 Å². The van der Waals surface area contributed by atoms with Crippen molar-refractivity contribution in [3.8, 4) is 6.07 Å². The molecule has 1 atom stereocenters. The number of thioether (sulfide) groups is 1. The molecule has 28 heavy (non-hydrogen) atoms. The van der Waals surface area contributed by atoms with Crippen molar-refractivity contribution in [2.45, 2.75) is 43.2 Å². The number of anilines is 1. The van der Waals surface area contributed by atoms with Crippen LogP contribution in [0.15, 0.2) is 29.3 Å². The molecule has 1 fully saturated rings. The Balaban J connectivity index is 1.96. The van der Waals surface area contributed by atoms with E-state index in [0.717, 1.165) is 16.7 Å². The van der Waals surface area contributed by atoms with Crippen molar-refractivity contribution in [3.63, 3.8) is 0 Å². The topological polar surface area (TPSA) is 90.5 Å². The molecule has 3 rings (SSSR count). The fourth-order valence-corrected chi connectivity index (χ4v) is 4.31. The van der Waals surface area contributed by atoms with Crippen LogP contribution in [0.25, 0.3) is 4.85 Å². The molecular formula is C21H23N5OS. The number of nitrogens with two attached hydrogens (primary N) is 1. The summed E-state index contributed by atoms with van der Waals surface area (Å²) in [6.45, 7) is 11.2. The van der Waals surface area contributed by atoms with Gasteiger partial charge in [0.05, 0.1) is 18.2 Å². The highest BCUT2D eigenvalue weighted by Gasteiger charge is 2.27. The van der Waals surface area contributed by atoms with Gasteiger partial charge in [-0.15, -0.1) is 11.8 Å². The molecule has 0 bridgehead atoms. The van der Waals surface area contributed by atoms with E-state index in [1.165, 1.54) is 11.8 Å². The minimum atomic E-state index is -0.404. The van der Waals surface area contributed by atoms with Gasteiger partial charge in [-0.25, -0.2) is 9.83 Å². The third kappa shape index (κ3) is 4.13. The second-order valence-corrected chi connectivity index (χ2v) is 7.68. The van der Waals surface area contributed by atoms with E-state index in [1.54, 1.807) is 0 Å². The Morgan fingerprint density at radius 1 is 1.39 bits per heavy atom. The first-order valence-corrected chi connectivity index (χ1v) is 10.3. The van der Waals surface area contributed by atoms with Crippen LogP contribution in [-0.2, 0) is 18.7 Å². The predicted molar refractivity (Wildman–Crippen MR) is 111 cm³/mol. The van der Waals surface area contributed by atoms with Gasteiger partial charge in [0, 0.05) is 25.4 Å². The van der Waals surface area contributed by atoms with Crippen molar-refractivity contribution in [1.29, 1.82) is 5.26 Å². The van der Waals surface area contributed by atoms with Gasteiger partial charge in [0.15, 0.2) is 0 Å². The molecule has 1 aromatic carbocycles. The number of hydrogen-bond acceptors (Lipinski definition) is 6. The third-order valence-electron chi connectivity index (χ3n) is 4.90. The van der Waals surface area contributed by atoms with Crippen molar-refractivity contribution >= 4 is 23.3 Å². The number of aromatic nitrogens is 1. The molecule has 1 unspecified atom stereocenters. The van der Waals surface area contributed by atoms with Gasteiger partial charge in [-0.1, -0.05) is 31.2 Å². The summed E-state index contributed by atoms with van der Waals surface area (Å²) in [5.74, 6) is 1.26. The normalized spacial score (nSPS) is 16.0. The van der Waals surface area contributed by atoms with Gasteiger partial charge in [-0.05, 0) is 29.5 Å². The number of aliphatic hydroxyl groups is 1. The van der Waals surface area contributed by atoms with Crippen LogP contribution in [-0.4, -0.2) is 29.3 Å². The Hall–Kier alpha value is -2.58. The van der Waals surface area contributed by atoms with Gasteiger partial charge in [0.25, 0.3) is 0 Å². The fourth-order valence-electron chi connectivity index (χ4n) is 3.35. The van der Waals surface area contributed by atoms with E-state index in [-0.39, 0.29) is 0 Å². The van der Waals surface area contributed by atoms with E-state index >= 15 is 0 Å². The molecule has 0 radical (unpaired) electrons. The van der Waals surface area contributed by atoms with Gasteiger partial charge in [0.1, 0.15) is 16.9 Å². The molecule has 144 valence electrons. The smallest absolute Gasteiger partial charge is 0.232 e. The zero-order valence-corrected chi connectivity index (χ0v) is 16.7. The van der Waals surface area contributed by atoms with Crippen molar-refractivity contribution in [1.82, 2.24) is 4.98 Å². The summed E-state index contributed by atoms with van der Waals surface area (Å²) in [6, 6.07) is 10.3. The van der Waals surface area contributed by atoms with Crippen molar-refractivity contribution < 1.29 is 5.11 Å². The molecule has 0 amide bonds.